The Morgan fingerprint density at radius 3 is 2.36 bits per heavy atom. The number of nitrogens with two attached hydrogens (primary N) is 1. The Morgan fingerprint density at radius 2 is 1.84 bits per heavy atom. The number of ether oxygens (including phenoxy) is 1. The van der Waals surface area contributed by atoms with E-state index in [1.165, 1.54) is 14.2 Å². The van der Waals surface area contributed by atoms with Gasteiger partial charge in [-0.15, -0.1) is 0 Å². The Bertz CT molecular complexity index is 733. The molecule has 134 valence electrons. The minimum atomic E-state index is -1.12. The molecule has 0 unspecified atom stereocenters. The van der Waals surface area contributed by atoms with Crippen molar-refractivity contribution in [1.82, 2.24) is 4.90 Å². The van der Waals surface area contributed by atoms with Crippen LogP contribution in [-0.2, 0) is 19.1 Å². The number of imide groups is 1. The van der Waals surface area contributed by atoms with Crippen LogP contribution in [0, 0.1) is 17.8 Å². The minimum absolute atomic E-state index is 0.187. The van der Waals surface area contributed by atoms with Crippen LogP contribution in [0.5, 0.6) is 0 Å². The number of esters is 1. The molecular weight excluding hydrogens is 344 g/mol. The van der Waals surface area contributed by atoms with Crippen molar-refractivity contribution >= 4 is 29.4 Å². The summed E-state index contributed by atoms with van der Waals surface area (Å²) in [7, 11) is 2.79. The van der Waals surface area contributed by atoms with Crippen molar-refractivity contribution in [3.8, 4) is 0 Å². The Morgan fingerprint density at radius 1 is 1.24 bits per heavy atom. The summed E-state index contributed by atoms with van der Waals surface area (Å²) >= 11 is 5.97. The number of nitrogens with zero attached hydrogens (tertiary/aromatic N) is 1. The van der Waals surface area contributed by atoms with Gasteiger partial charge in [0.1, 0.15) is 17.9 Å². The van der Waals surface area contributed by atoms with E-state index in [-0.39, 0.29) is 23.8 Å². The van der Waals surface area contributed by atoms with Gasteiger partial charge in [0.15, 0.2) is 0 Å². The lowest BCUT2D eigenvalue weighted by molar-refractivity contribution is -0.740. The average molecular weight is 366 g/mol. The van der Waals surface area contributed by atoms with Gasteiger partial charge in [-0.2, -0.15) is 0 Å². The van der Waals surface area contributed by atoms with Crippen LogP contribution in [0.4, 0.5) is 0 Å². The van der Waals surface area contributed by atoms with Crippen molar-refractivity contribution in [2.45, 2.75) is 25.4 Å². The first-order valence-electron chi connectivity index (χ1n) is 8.27. The van der Waals surface area contributed by atoms with Crippen LogP contribution in [0.15, 0.2) is 24.3 Å². The first-order valence-corrected chi connectivity index (χ1v) is 8.64. The molecule has 0 aromatic heterocycles. The minimum Gasteiger partial charge on any atom is -0.464 e. The smallest absolute Gasteiger partial charge is 0.368 e. The molecule has 25 heavy (non-hydrogen) atoms. The molecule has 0 bridgehead atoms. The molecule has 6 nitrogen and oxygen atoms in total. The summed E-state index contributed by atoms with van der Waals surface area (Å²) < 4.78 is 5.06. The lowest BCUT2D eigenvalue weighted by Crippen LogP contribution is -2.99. The van der Waals surface area contributed by atoms with Gasteiger partial charge in [-0.1, -0.05) is 37.6 Å². The summed E-state index contributed by atoms with van der Waals surface area (Å²) in [5.41, 5.74) is -0.261. The van der Waals surface area contributed by atoms with Crippen LogP contribution in [0.3, 0.4) is 0 Å². The van der Waals surface area contributed by atoms with Gasteiger partial charge >= 0.3 is 5.97 Å². The van der Waals surface area contributed by atoms with Gasteiger partial charge in [-0.3, -0.25) is 14.5 Å². The number of rotatable bonds is 3. The molecule has 0 aliphatic carbocycles. The normalized spacial score (nSPS) is 31.6. The molecule has 1 aromatic rings. The molecule has 1 aromatic carbocycles. The fraction of sp³-hybridized carbons (Fsp3) is 0.500. The molecule has 0 saturated carbocycles. The number of carbonyl (C=O) groups excluding carboxylic acids is 3. The fourth-order valence-electron chi connectivity index (χ4n) is 4.35. The number of quaternary nitrogens is 1. The van der Waals surface area contributed by atoms with E-state index in [0.29, 0.717) is 5.02 Å². The SMILES string of the molecule is COC(=O)[C@]1(C(C)C)[NH2+][C@@H](c2ccc(Cl)cc2)[C@H]2C(=O)N(C)C(=O)[C@H]21. The Balaban J connectivity index is 2.17. The van der Waals surface area contributed by atoms with Crippen molar-refractivity contribution < 1.29 is 24.4 Å². The number of benzene rings is 1. The van der Waals surface area contributed by atoms with E-state index in [1.54, 1.807) is 12.1 Å². The number of amides is 2. The van der Waals surface area contributed by atoms with Crippen molar-refractivity contribution in [1.29, 1.82) is 0 Å². The van der Waals surface area contributed by atoms with E-state index in [9.17, 15) is 14.4 Å². The first-order chi connectivity index (χ1) is 11.8. The monoisotopic (exact) mass is 365 g/mol. The van der Waals surface area contributed by atoms with Gasteiger partial charge < -0.3 is 10.1 Å². The number of likely N-dealkylation sites (tertiary alicyclic amines) is 1. The highest BCUT2D eigenvalue weighted by molar-refractivity contribution is 6.30. The number of hydrogen-bond donors (Lipinski definition) is 1. The summed E-state index contributed by atoms with van der Waals surface area (Å²) in [4.78, 5) is 39.5. The highest BCUT2D eigenvalue weighted by Gasteiger charge is 2.73. The molecule has 2 heterocycles. The molecule has 0 radical (unpaired) electrons. The molecule has 2 N–H and O–H groups in total. The first kappa shape index (κ1) is 17.9. The summed E-state index contributed by atoms with van der Waals surface area (Å²) in [6, 6.07) is 6.83. The molecular formula is C18H22ClN2O4+. The van der Waals surface area contributed by atoms with Crippen LogP contribution in [0.25, 0.3) is 0 Å². The maximum atomic E-state index is 12.8. The predicted octanol–water partition coefficient (Wildman–Crippen LogP) is 0.757. The third-order valence-electron chi connectivity index (χ3n) is 5.68. The Hall–Kier alpha value is -1.92. The van der Waals surface area contributed by atoms with Crippen LogP contribution in [0.2, 0.25) is 5.02 Å². The molecule has 2 saturated heterocycles. The van der Waals surface area contributed by atoms with Gasteiger partial charge in [-0.05, 0) is 12.1 Å². The quantitative estimate of drug-likeness (QED) is 0.633. The topological polar surface area (TPSA) is 80.3 Å². The number of hydrogen-bond acceptors (Lipinski definition) is 4. The number of halogens is 1. The molecule has 2 fully saturated rings. The van der Waals surface area contributed by atoms with E-state index in [2.05, 4.69) is 0 Å². The molecule has 2 aliphatic heterocycles. The highest BCUT2D eigenvalue weighted by atomic mass is 35.5. The molecule has 2 amide bonds. The Kier molecular flexibility index (Phi) is 4.37. The van der Waals surface area contributed by atoms with Crippen LogP contribution in [-0.4, -0.2) is 42.4 Å². The van der Waals surface area contributed by atoms with Gasteiger partial charge in [-0.25, -0.2) is 4.79 Å². The molecule has 7 heteroatoms. The van der Waals surface area contributed by atoms with Crippen molar-refractivity contribution in [2.75, 3.05) is 14.2 Å². The summed E-state index contributed by atoms with van der Waals surface area (Å²) in [5, 5.41) is 2.44. The van der Waals surface area contributed by atoms with E-state index < -0.39 is 23.3 Å². The largest absolute Gasteiger partial charge is 0.464 e. The fourth-order valence-corrected chi connectivity index (χ4v) is 4.48. The van der Waals surface area contributed by atoms with E-state index in [1.807, 2.05) is 31.3 Å². The molecule has 3 rings (SSSR count). The van der Waals surface area contributed by atoms with Crippen LogP contribution >= 0.6 is 11.6 Å². The summed E-state index contributed by atoms with van der Waals surface area (Å²) in [6.45, 7) is 3.76. The predicted molar refractivity (Wildman–Crippen MR) is 90.5 cm³/mol. The maximum Gasteiger partial charge on any atom is 0.368 e. The maximum absolute atomic E-state index is 12.8. The Labute approximate surface area is 151 Å². The van der Waals surface area contributed by atoms with Gasteiger partial charge in [0.05, 0.1) is 7.11 Å². The van der Waals surface area contributed by atoms with Crippen LogP contribution in [0.1, 0.15) is 25.5 Å². The lowest BCUT2D eigenvalue weighted by atomic mass is 9.73. The van der Waals surface area contributed by atoms with E-state index in [4.69, 9.17) is 16.3 Å². The zero-order valence-electron chi connectivity index (χ0n) is 14.7. The number of methoxy groups -OCH3 is 1. The van der Waals surface area contributed by atoms with E-state index in [0.717, 1.165) is 10.5 Å². The third-order valence-corrected chi connectivity index (χ3v) is 5.93. The zero-order chi connectivity index (χ0) is 18.5. The number of carbonyl (C=O) groups is 3. The second kappa shape index (κ2) is 6.11. The van der Waals surface area contributed by atoms with Crippen molar-refractivity contribution in [2.24, 2.45) is 17.8 Å². The summed E-state index contributed by atoms with van der Waals surface area (Å²) in [6.07, 6.45) is 0. The third kappa shape index (κ3) is 2.39. The van der Waals surface area contributed by atoms with E-state index >= 15 is 0 Å². The van der Waals surface area contributed by atoms with Gasteiger partial charge in [0.2, 0.25) is 17.4 Å². The second-order valence-corrected chi connectivity index (χ2v) is 7.50. The number of fused-ring (bicyclic) bond motifs is 1. The highest BCUT2D eigenvalue weighted by Crippen LogP contribution is 2.46. The lowest BCUT2D eigenvalue weighted by Gasteiger charge is -2.32. The summed E-state index contributed by atoms with van der Waals surface area (Å²) in [5.74, 6) is -2.56. The second-order valence-electron chi connectivity index (χ2n) is 7.06. The molecule has 0 spiro atoms. The van der Waals surface area contributed by atoms with Gasteiger partial charge in [0, 0.05) is 23.6 Å². The molecule has 2 aliphatic rings. The van der Waals surface area contributed by atoms with Crippen LogP contribution < -0.4 is 5.32 Å². The van der Waals surface area contributed by atoms with Crippen molar-refractivity contribution in [3.05, 3.63) is 34.9 Å². The van der Waals surface area contributed by atoms with Gasteiger partial charge in [0.25, 0.3) is 0 Å². The van der Waals surface area contributed by atoms with Crippen molar-refractivity contribution in [3.63, 3.8) is 0 Å². The average Bonchev–Trinajstić information content (AvgIpc) is 3.06. The standard InChI is InChI=1S/C18H21ClN2O4/c1-9(2)18(17(24)25-4)13-12(15(22)21(3)16(13)23)14(20-18)10-5-7-11(19)8-6-10/h5-9,12-14,20H,1-4H3/p+1/t12-,13-,14-,18+/m0/s1. The molecule has 4 atom stereocenters. The zero-order valence-corrected chi connectivity index (χ0v) is 15.4.